The molecule has 10 nitrogen and oxygen atoms in total. The Morgan fingerprint density at radius 1 is 1.00 bits per heavy atom. The molecular formula is C21H27N9OS. The van der Waals surface area contributed by atoms with Crippen LogP contribution < -0.4 is 20.9 Å². The highest BCUT2D eigenvalue weighted by Crippen LogP contribution is 2.24. The highest BCUT2D eigenvalue weighted by Gasteiger charge is 2.19. The Hall–Kier alpha value is -3.31. The molecule has 0 saturated carbocycles. The van der Waals surface area contributed by atoms with Crippen LogP contribution in [0.2, 0.25) is 0 Å². The molecule has 11 heteroatoms. The van der Waals surface area contributed by atoms with Crippen LogP contribution >= 0.6 is 11.3 Å². The van der Waals surface area contributed by atoms with E-state index in [1.807, 2.05) is 44.3 Å². The predicted molar refractivity (Wildman–Crippen MR) is 128 cm³/mol. The van der Waals surface area contributed by atoms with Gasteiger partial charge < -0.3 is 20.4 Å². The number of anilines is 6. The molecule has 0 bridgehead atoms. The fourth-order valence-corrected chi connectivity index (χ4v) is 3.81. The molecule has 1 amide bonds. The average molecular weight is 454 g/mol. The number of benzene rings is 1. The maximum absolute atomic E-state index is 11.6. The van der Waals surface area contributed by atoms with Gasteiger partial charge in [-0.05, 0) is 38.2 Å². The number of amides is 1. The second-order valence-corrected chi connectivity index (χ2v) is 8.81. The zero-order valence-corrected chi connectivity index (χ0v) is 19.2. The first-order valence-electron chi connectivity index (χ1n) is 10.5. The molecule has 1 aromatic carbocycles. The van der Waals surface area contributed by atoms with E-state index in [2.05, 4.69) is 52.7 Å². The smallest absolute Gasteiger partial charge is 0.235 e. The standard InChI is InChI=1S/C21H27N9OS/c1-4-17(31)23-15-5-7-16(8-6-15)24-18-25-19(28-21-22-13-14(2)32-21)27-20(26-18)30-11-9-29(3)10-12-30/h5-8,13H,4,9-12H2,1-3H3,(H,23,31)(H2,22,24,25,26,27,28). The van der Waals surface area contributed by atoms with Crippen molar-refractivity contribution in [3.8, 4) is 0 Å². The van der Waals surface area contributed by atoms with Gasteiger partial charge in [0.15, 0.2) is 5.13 Å². The van der Waals surface area contributed by atoms with E-state index >= 15 is 0 Å². The van der Waals surface area contributed by atoms with Gasteiger partial charge in [-0.3, -0.25) is 10.1 Å². The van der Waals surface area contributed by atoms with Gasteiger partial charge in [0, 0.05) is 55.0 Å². The molecule has 1 fully saturated rings. The summed E-state index contributed by atoms with van der Waals surface area (Å²) in [6, 6.07) is 7.44. The van der Waals surface area contributed by atoms with E-state index in [0.717, 1.165) is 47.6 Å². The molecule has 1 saturated heterocycles. The second-order valence-electron chi connectivity index (χ2n) is 7.58. The Balaban J connectivity index is 1.56. The van der Waals surface area contributed by atoms with Crippen LogP contribution in [0, 0.1) is 6.92 Å². The third kappa shape index (κ3) is 5.68. The average Bonchev–Trinajstić information content (AvgIpc) is 3.19. The van der Waals surface area contributed by atoms with Crippen molar-refractivity contribution in [1.82, 2.24) is 24.8 Å². The monoisotopic (exact) mass is 453 g/mol. The number of rotatable bonds is 7. The number of nitrogens with zero attached hydrogens (tertiary/aromatic N) is 6. The van der Waals surface area contributed by atoms with Gasteiger partial charge in [-0.2, -0.15) is 15.0 Å². The summed E-state index contributed by atoms with van der Waals surface area (Å²) in [6.07, 6.45) is 2.25. The van der Waals surface area contributed by atoms with Crippen molar-refractivity contribution < 1.29 is 4.79 Å². The quantitative estimate of drug-likeness (QED) is 0.496. The first kappa shape index (κ1) is 21.9. The van der Waals surface area contributed by atoms with Crippen LogP contribution in [0.3, 0.4) is 0 Å². The number of likely N-dealkylation sites (N-methyl/N-ethyl adjacent to an activating group) is 1. The highest BCUT2D eigenvalue weighted by molar-refractivity contribution is 7.15. The number of aryl methyl sites for hydroxylation is 1. The number of carbonyl (C=O) groups is 1. The zero-order chi connectivity index (χ0) is 22.5. The molecule has 1 aliphatic rings. The molecule has 3 N–H and O–H groups in total. The Morgan fingerprint density at radius 3 is 2.28 bits per heavy atom. The summed E-state index contributed by atoms with van der Waals surface area (Å²) >= 11 is 1.54. The molecule has 3 aromatic rings. The van der Waals surface area contributed by atoms with Gasteiger partial charge in [0.1, 0.15) is 0 Å². The number of hydrogen-bond donors (Lipinski definition) is 3. The number of carbonyl (C=O) groups excluding carboxylic acids is 1. The van der Waals surface area contributed by atoms with E-state index in [1.165, 1.54) is 0 Å². The number of thiazole rings is 1. The molecule has 0 spiro atoms. The Kier molecular flexibility index (Phi) is 6.76. The third-order valence-corrected chi connectivity index (χ3v) is 5.82. The summed E-state index contributed by atoms with van der Waals surface area (Å²) in [4.78, 5) is 35.3. The SMILES string of the molecule is CCC(=O)Nc1ccc(Nc2nc(Nc3ncc(C)s3)nc(N3CCN(C)CC3)n2)cc1. The topological polar surface area (TPSA) is 111 Å². The minimum atomic E-state index is -0.0202. The summed E-state index contributed by atoms with van der Waals surface area (Å²) in [5, 5.41) is 10.0. The van der Waals surface area contributed by atoms with Crippen LogP contribution in [0.5, 0.6) is 0 Å². The van der Waals surface area contributed by atoms with Crippen molar-refractivity contribution in [1.29, 1.82) is 0 Å². The Labute approximate surface area is 191 Å². The molecule has 168 valence electrons. The lowest BCUT2D eigenvalue weighted by Crippen LogP contribution is -2.45. The maximum atomic E-state index is 11.6. The van der Waals surface area contributed by atoms with Crippen molar-refractivity contribution >= 4 is 51.6 Å². The number of piperazine rings is 1. The molecule has 2 aromatic heterocycles. The van der Waals surface area contributed by atoms with Crippen LogP contribution in [0.15, 0.2) is 30.5 Å². The van der Waals surface area contributed by atoms with E-state index in [0.29, 0.717) is 24.3 Å². The Morgan fingerprint density at radius 2 is 1.66 bits per heavy atom. The number of hydrogen-bond acceptors (Lipinski definition) is 10. The molecule has 0 aliphatic carbocycles. The first-order chi connectivity index (χ1) is 15.5. The Bertz CT molecular complexity index is 1060. The largest absolute Gasteiger partial charge is 0.338 e. The molecular weight excluding hydrogens is 426 g/mol. The van der Waals surface area contributed by atoms with Gasteiger partial charge >= 0.3 is 0 Å². The minimum Gasteiger partial charge on any atom is -0.338 e. The van der Waals surface area contributed by atoms with Gasteiger partial charge in [0.25, 0.3) is 0 Å². The van der Waals surface area contributed by atoms with Gasteiger partial charge in [0.05, 0.1) is 0 Å². The predicted octanol–water partition coefficient (Wildman–Crippen LogP) is 3.22. The zero-order valence-electron chi connectivity index (χ0n) is 18.4. The van der Waals surface area contributed by atoms with E-state index < -0.39 is 0 Å². The van der Waals surface area contributed by atoms with Gasteiger partial charge in [-0.1, -0.05) is 6.92 Å². The van der Waals surface area contributed by atoms with Crippen molar-refractivity contribution in [2.24, 2.45) is 0 Å². The molecule has 0 radical (unpaired) electrons. The summed E-state index contributed by atoms with van der Waals surface area (Å²) in [5.41, 5.74) is 1.56. The van der Waals surface area contributed by atoms with Crippen LogP contribution in [0.1, 0.15) is 18.2 Å². The van der Waals surface area contributed by atoms with Gasteiger partial charge in [-0.15, -0.1) is 11.3 Å². The molecule has 4 rings (SSSR count). The van der Waals surface area contributed by atoms with Crippen molar-refractivity contribution in [2.75, 3.05) is 54.1 Å². The van der Waals surface area contributed by atoms with E-state index in [-0.39, 0.29) is 5.91 Å². The van der Waals surface area contributed by atoms with E-state index in [9.17, 15) is 4.79 Å². The molecule has 32 heavy (non-hydrogen) atoms. The summed E-state index contributed by atoms with van der Waals surface area (Å²) in [6.45, 7) is 7.43. The van der Waals surface area contributed by atoms with Crippen LogP contribution in [0.25, 0.3) is 0 Å². The van der Waals surface area contributed by atoms with Crippen LogP contribution in [-0.4, -0.2) is 64.0 Å². The van der Waals surface area contributed by atoms with E-state index in [1.54, 1.807) is 11.3 Å². The van der Waals surface area contributed by atoms with Crippen molar-refractivity contribution in [3.05, 3.63) is 35.3 Å². The fourth-order valence-electron chi connectivity index (χ4n) is 3.15. The summed E-state index contributed by atoms with van der Waals surface area (Å²) in [7, 11) is 2.11. The second kappa shape index (κ2) is 9.88. The summed E-state index contributed by atoms with van der Waals surface area (Å²) in [5.74, 6) is 1.49. The lowest BCUT2D eigenvalue weighted by Gasteiger charge is -2.32. The summed E-state index contributed by atoms with van der Waals surface area (Å²) < 4.78 is 0. The minimum absolute atomic E-state index is 0.0202. The van der Waals surface area contributed by atoms with Crippen LogP contribution in [-0.2, 0) is 4.79 Å². The molecule has 0 atom stereocenters. The van der Waals surface area contributed by atoms with Crippen molar-refractivity contribution in [3.63, 3.8) is 0 Å². The maximum Gasteiger partial charge on any atom is 0.235 e. The van der Waals surface area contributed by atoms with Gasteiger partial charge in [0.2, 0.25) is 23.8 Å². The third-order valence-electron chi connectivity index (χ3n) is 5.00. The highest BCUT2D eigenvalue weighted by atomic mass is 32.1. The van der Waals surface area contributed by atoms with E-state index in [4.69, 9.17) is 0 Å². The number of nitrogens with one attached hydrogen (secondary N) is 3. The molecule has 3 heterocycles. The first-order valence-corrected chi connectivity index (χ1v) is 11.4. The van der Waals surface area contributed by atoms with Gasteiger partial charge in [-0.25, -0.2) is 4.98 Å². The van der Waals surface area contributed by atoms with Crippen LogP contribution in [0.4, 0.5) is 34.4 Å². The lowest BCUT2D eigenvalue weighted by atomic mass is 10.2. The number of aromatic nitrogens is 4. The lowest BCUT2D eigenvalue weighted by molar-refractivity contribution is -0.115. The molecule has 0 unspecified atom stereocenters. The fraction of sp³-hybridized carbons (Fsp3) is 0.381. The normalized spacial score (nSPS) is 14.3. The van der Waals surface area contributed by atoms with Crippen molar-refractivity contribution in [2.45, 2.75) is 20.3 Å². The molecule has 1 aliphatic heterocycles.